The van der Waals surface area contributed by atoms with Gasteiger partial charge in [-0.2, -0.15) is 0 Å². The number of aryl methyl sites for hydroxylation is 3. The average molecular weight is 312 g/mol. The van der Waals surface area contributed by atoms with Crippen molar-refractivity contribution in [2.45, 2.75) is 39.5 Å². The minimum Gasteiger partial charge on any atom is -0.342 e. The molecule has 0 aromatic heterocycles. The van der Waals surface area contributed by atoms with Crippen LogP contribution in [0.15, 0.2) is 17.0 Å². The second-order valence-corrected chi connectivity index (χ2v) is 6.82. The summed E-state index contributed by atoms with van der Waals surface area (Å²) in [5.41, 5.74) is 2.40. The van der Waals surface area contributed by atoms with Crippen LogP contribution < -0.4 is 4.72 Å². The fraction of sp³-hybridized carbons (Fsp3) is 0.533. The molecule has 0 atom stereocenters. The molecule has 1 aromatic carbocycles. The van der Waals surface area contributed by atoms with E-state index in [1.54, 1.807) is 18.7 Å². The number of amides is 1. The zero-order valence-electron chi connectivity index (χ0n) is 13.4. The summed E-state index contributed by atoms with van der Waals surface area (Å²) in [6.07, 6.45) is 0. The van der Waals surface area contributed by atoms with Gasteiger partial charge in [0.05, 0.1) is 11.4 Å². The largest absolute Gasteiger partial charge is 0.342 e. The highest BCUT2D eigenvalue weighted by molar-refractivity contribution is 7.89. The van der Waals surface area contributed by atoms with Gasteiger partial charge < -0.3 is 4.90 Å². The molecule has 0 aliphatic carbocycles. The Morgan fingerprint density at radius 2 is 1.57 bits per heavy atom. The summed E-state index contributed by atoms with van der Waals surface area (Å²) < 4.78 is 27.2. The lowest BCUT2D eigenvalue weighted by molar-refractivity contribution is -0.129. The van der Waals surface area contributed by atoms with E-state index in [4.69, 9.17) is 0 Å². The topological polar surface area (TPSA) is 66.5 Å². The number of benzene rings is 1. The molecule has 0 unspecified atom stereocenters. The number of carbonyl (C=O) groups excluding carboxylic acids is 1. The second-order valence-electron chi connectivity index (χ2n) is 5.12. The lowest BCUT2D eigenvalue weighted by Crippen LogP contribution is -2.40. The molecule has 21 heavy (non-hydrogen) atoms. The first kappa shape index (κ1) is 17.7. The molecular weight excluding hydrogens is 288 g/mol. The van der Waals surface area contributed by atoms with Gasteiger partial charge in [0, 0.05) is 13.1 Å². The van der Waals surface area contributed by atoms with E-state index in [9.17, 15) is 13.2 Å². The van der Waals surface area contributed by atoms with Crippen LogP contribution in [0.3, 0.4) is 0 Å². The van der Waals surface area contributed by atoms with E-state index in [-0.39, 0.29) is 17.3 Å². The smallest absolute Gasteiger partial charge is 0.241 e. The summed E-state index contributed by atoms with van der Waals surface area (Å²) in [5.74, 6) is -0.217. The fourth-order valence-electron chi connectivity index (χ4n) is 2.51. The molecule has 5 nitrogen and oxygen atoms in total. The van der Waals surface area contributed by atoms with E-state index in [1.165, 1.54) is 0 Å². The highest BCUT2D eigenvalue weighted by Crippen LogP contribution is 2.21. The van der Waals surface area contributed by atoms with Gasteiger partial charge >= 0.3 is 0 Å². The number of hydrogen-bond donors (Lipinski definition) is 1. The second kappa shape index (κ2) is 7.04. The van der Waals surface area contributed by atoms with E-state index >= 15 is 0 Å². The van der Waals surface area contributed by atoms with Crippen molar-refractivity contribution in [3.63, 3.8) is 0 Å². The third kappa shape index (κ3) is 4.28. The van der Waals surface area contributed by atoms with Crippen LogP contribution in [0, 0.1) is 20.8 Å². The first-order valence-corrected chi connectivity index (χ1v) is 8.56. The van der Waals surface area contributed by atoms with E-state index in [0.29, 0.717) is 24.2 Å². The van der Waals surface area contributed by atoms with Gasteiger partial charge in [0.25, 0.3) is 0 Å². The molecule has 1 aromatic rings. The Balaban J connectivity index is 2.96. The molecule has 0 saturated heterocycles. The molecule has 0 radical (unpaired) electrons. The Bertz CT molecular complexity index is 597. The Labute approximate surface area is 127 Å². The van der Waals surface area contributed by atoms with Gasteiger partial charge in [0.15, 0.2) is 0 Å². The van der Waals surface area contributed by atoms with Crippen LogP contribution in [-0.4, -0.2) is 38.9 Å². The Morgan fingerprint density at radius 1 is 1.10 bits per heavy atom. The zero-order chi connectivity index (χ0) is 16.2. The van der Waals surface area contributed by atoms with Crippen LogP contribution in [-0.2, 0) is 14.8 Å². The lowest BCUT2D eigenvalue weighted by Gasteiger charge is -2.19. The van der Waals surface area contributed by atoms with Gasteiger partial charge in [0.2, 0.25) is 15.9 Å². The van der Waals surface area contributed by atoms with Crippen molar-refractivity contribution >= 4 is 15.9 Å². The predicted octanol–water partition coefficient (Wildman–Crippen LogP) is 1.76. The number of sulfonamides is 1. The van der Waals surface area contributed by atoms with Crippen molar-refractivity contribution in [3.8, 4) is 0 Å². The van der Waals surface area contributed by atoms with Crippen molar-refractivity contribution in [1.82, 2.24) is 9.62 Å². The van der Waals surface area contributed by atoms with E-state index in [0.717, 1.165) is 5.56 Å². The summed E-state index contributed by atoms with van der Waals surface area (Å²) in [7, 11) is -3.68. The summed E-state index contributed by atoms with van der Waals surface area (Å²) >= 11 is 0. The lowest BCUT2D eigenvalue weighted by atomic mass is 10.1. The molecule has 6 heteroatoms. The molecule has 0 fully saturated rings. The Kier molecular flexibility index (Phi) is 5.92. The van der Waals surface area contributed by atoms with Crippen molar-refractivity contribution in [2.75, 3.05) is 19.6 Å². The maximum atomic E-state index is 12.4. The molecule has 0 aliphatic rings. The minimum atomic E-state index is -3.68. The van der Waals surface area contributed by atoms with Gasteiger partial charge in [-0.05, 0) is 45.7 Å². The molecule has 0 heterocycles. The maximum absolute atomic E-state index is 12.4. The molecule has 1 N–H and O–H groups in total. The normalized spacial score (nSPS) is 11.5. The van der Waals surface area contributed by atoms with E-state index in [1.807, 2.05) is 32.9 Å². The third-order valence-corrected chi connectivity index (χ3v) is 5.11. The molecular formula is C15H24N2O3S. The van der Waals surface area contributed by atoms with Gasteiger partial charge in [-0.25, -0.2) is 13.1 Å². The quantitative estimate of drug-likeness (QED) is 0.870. The SMILES string of the molecule is CCN(CC)C(=O)CNS(=O)(=O)c1c(C)cc(C)cc1C. The van der Waals surface area contributed by atoms with Crippen LogP contribution >= 0.6 is 0 Å². The molecule has 1 rings (SSSR count). The first-order chi connectivity index (χ1) is 9.72. The maximum Gasteiger partial charge on any atom is 0.241 e. The highest BCUT2D eigenvalue weighted by Gasteiger charge is 2.21. The van der Waals surface area contributed by atoms with Crippen molar-refractivity contribution in [1.29, 1.82) is 0 Å². The molecule has 0 aliphatic heterocycles. The van der Waals surface area contributed by atoms with E-state index < -0.39 is 10.0 Å². The van der Waals surface area contributed by atoms with Crippen LogP contribution in [0.1, 0.15) is 30.5 Å². The number of nitrogens with zero attached hydrogens (tertiary/aromatic N) is 1. The number of hydrogen-bond acceptors (Lipinski definition) is 3. The van der Waals surface area contributed by atoms with Gasteiger partial charge in [-0.3, -0.25) is 4.79 Å². The van der Waals surface area contributed by atoms with Gasteiger partial charge in [-0.15, -0.1) is 0 Å². The summed E-state index contributed by atoms with van der Waals surface area (Å²) in [6, 6.07) is 3.65. The number of nitrogens with one attached hydrogen (secondary N) is 1. The minimum absolute atomic E-state index is 0.212. The molecule has 0 bridgehead atoms. The number of carbonyl (C=O) groups is 1. The third-order valence-electron chi connectivity index (χ3n) is 3.40. The van der Waals surface area contributed by atoms with Crippen LogP contribution in [0.5, 0.6) is 0 Å². The Morgan fingerprint density at radius 3 is 2.00 bits per heavy atom. The predicted molar refractivity (Wildman–Crippen MR) is 83.8 cm³/mol. The monoisotopic (exact) mass is 312 g/mol. The van der Waals surface area contributed by atoms with Crippen LogP contribution in [0.2, 0.25) is 0 Å². The average Bonchev–Trinajstić information content (AvgIpc) is 2.36. The van der Waals surface area contributed by atoms with Crippen molar-refractivity contribution < 1.29 is 13.2 Å². The summed E-state index contributed by atoms with van der Waals surface area (Å²) in [4.78, 5) is 13.8. The number of likely N-dealkylation sites (N-methyl/N-ethyl adjacent to an activating group) is 1. The van der Waals surface area contributed by atoms with E-state index in [2.05, 4.69) is 4.72 Å². The first-order valence-electron chi connectivity index (χ1n) is 7.08. The number of rotatable bonds is 6. The summed E-state index contributed by atoms with van der Waals surface area (Å²) in [6.45, 7) is 10.1. The van der Waals surface area contributed by atoms with Crippen LogP contribution in [0.25, 0.3) is 0 Å². The van der Waals surface area contributed by atoms with Crippen LogP contribution in [0.4, 0.5) is 0 Å². The zero-order valence-corrected chi connectivity index (χ0v) is 14.2. The highest BCUT2D eigenvalue weighted by atomic mass is 32.2. The molecule has 0 spiro atoms. The molecule has 0 saturated carbocycles. The fourth-order valence-corrected chi connectivity index (χ4v) is 3.93. The molecule has 118 valence electrons. The van der Waals surface area contributed by atoms with Gasteiger partial charge in [-0.1, -0.05) is 17.7 Å². The van der Waals surface area contributed by atoms with Crippen molar-refractivity contribution in [2.24, 2.45) is 0 Å². The van der Waals surface area contributed by atoms with Gasteiger partial charge in [0.1, 0.15) is 0 Å². The Hall–Kier alpha value is -1.40. The molecule has 1 amide bonds. The van der Waals surface area contributed by atoms with Crippen molar-refractivity contribution in [3.05, 3.63) is 28.8 Å². The standard InChI is InChI=1S/C15H24N2O3S/c1-6-17(7-2)14(18)10-16-21(19,20)15-12(4)8-11(3)9-13(15)5/h8-9,16H,6-7,10H2,1-5H3. The summed E-state index contributed by atoms with van der Waals surface area (Å²) in [5, 5.41) is 0.